The van der Waals surface area contributed by atoms with Gasteiger partial charge in [-0.05, 0) is 138 Å². The monoisotopic (exact) mass is 807 g/mol. The first-order chi connectivity index (χ1) is 27.0. The van der Waals surface area contributed by atoms with E-state index < -0.39 is 19.6 Å². The van der Waals surface area contributed by atoms with E-state index in [-0.39, 0.29) is 12.4 Å². The number of rotatable bonds is 13. The highest BCUT2D eigenvalue weighted by Crippen LogP contribution is 2.60. The van der Waals surface area contributed by atoms with E-state index in [0.29, 0.717) is 35.0 Å². The standard InChI is InChI=1S/C43H57N9O3SSi/c1-27-17-36(48-49-38(27)51(26-54-15-16-57(7,8)9)41-46-34-11-10-14-44-39(34)56-41)50(6)35-13-12-32(37(47-35)40(53)55-42(3,4)5)33-24-45-52(28(33)2)25-43-21-29-18-30(22-43)20-31(19-29)23-43/h10-14,17,24,29-31H,15-16,18-23,25-26H2,1-9H3. The largest absolute Gasteiger partial charge is 0.455 e. The molecule has 0 aromatic carbocycles. The molecule has 4 fully saturated rings. The lowest BCUT2D eigenvalue weighted by molar-refractivity contribution is -0.0638. The first-order valence-electron chi connectivity index (χ1n) is 20.5. The third-order valence-corrected chi connectivity index (χ3v) is 14.7. The Labute approximate surface area is 341 Å². The van der Waals surface area contributed by atoms with Crippen molar-refractivity contribution < 1.29 is 14.3 Å². The van der Waals surface area contributed by atoms with E-state index in [1.165, 1.54) is 49.9 Å². The maximum Gasteiger partial charge on any atom is 0.358 e. The molecule has 302 valence electrons. The molecule has 0 unspecified atom stereocenters. The van der Waals surface area contributed by atoms with E-state index >= 15 is 0 Å². The van der Waals surface area contributed by atoms with E-state index in [2.05, 4.69) is 41.3 Å². The topological polar surface area (TPSA) is 124 Å². The van der Waals surface area contributed by atoms with Gasteiger partial charge in [0.25, 0.3) is 0 Å². The molecule has 0 spiro atoms. The number of ether oxygens (including phenoxy) is 2. The minimum atomic E-state index is -1.28. The number of esters is 1. The number of carbonyl (C=O) groups is 1. The molecule has 4 saturated carbocycles. The Morgan fingerprint density at radius 1 is 0.982 bits per heavy atom. The molecule has 5 aromatic rings. The van der Waals surface area contributed by atoms with Crippen LogP contribution in [0, 0.1) is 37.0 Å². The second-order valence-electron chi connectivity index (χ2n) is 19.2. The summed E-state index contributed by atoms with van der Waals surface area (Å²) in [7, 11) is 0.606. The normalized spacial score (nSPS) is 21.7. The Morgan fingerprint density at radius 3 is 2.35 bits per heavy atom. The van der Waals surface area contributed by atoms with Crippen molar-refractivity contribution in [2.75, 3.05) is 30.2 Å². The third-order valence-electron chi connectivity index (χ3n) is 12.0. The second-order valence-corrected chi connectivity index (χ2v) is 25.7. The summed E-state index contributed by atoms with van der Waals surface area (Å²) in [5.74, 6) is 3.92. The van der Waals surface area contributed by atoms with Crippen LogP contribution in [0.3, 0.4) is 0 Å². The molecule has 12 nitrogen and oxygen atoms in total. The molecule has 0 N–H and O–H groups in total. The van der Waals surface area contributed by atoms with Crippen LogP contribution in [-0.2, 0) is 16.0 Å². The highest BCUT2D eigenvalue weighted by Gasteiger charge is 2.51. The molecule has 5 aromatic heterocycles. The Balaban J connectivity index is 1.08. The van der Waals surface area contributed by atoms with Gasteiger partial charge in [0.2, 0.25) is 0 Å². The van der Waals surface area contributed by atoms with Crippen LogP contribution < -0.4 is 9.80 Å². The van der Waals surface area contributed by atoms with E-state index in [0.717, 1.165) is 62.6 Å². The summed E-state index contributed by atoms with van der Waals surface area (Å²) in [5.41, 5.74) is 4.26. The number of aromatic nitrogens is 7. The average molecular weight is 808 g/mol. The van der Waals surface area contributed by atoms with Crippen LogP contribution in [0.25, 0.3) is 21.5 Å². The van der Waals surface area contributed by atoms with Crippen molar-refractivity contribution in [1.29, 1.82) is 0 Å². The van der Waals surface area contributed by atoms with Crippen molar-refractivity contribution in [3.63, 3.8) is 0 Å². The van der Waals surface area contributed by atoms with E-state index in [1.54, 1.807) is 6.20 Å². The number of hydrogen-bond acceptors (Lipinski definition) is 12. The molecular weight excluding hydrogens is 751 g/mol. The van der Waals surface area contributed by atoms with Crippen molar-refractivity contribution in [2.45, 2.75) is 111 Å². The maximum atomic E-state index is 13.9. The molecule has 4 bridgehead atoms. The van der Waals surface area contributed by atoms with Crippen LogP contribution in [0.15, 0.2) is 42.7 Å². The molecule has 14 heteroatoms. The van der Waals surface area contributed by atoms with E-state index in [1.807, 2.05) is 81.1 Å². The summed E-state index contributed by atoms with van der Waals surface area (Å²) in [6, 6.07) is 10.8. The quantitative estimate of drug-likeness (QED) is 0.0489. The smallest absolute Gasteiger partial charge is 0.358 e. The highest BCUT2D eigenvalue weighted by molar-refractivity contribution is 7.21. The van der Waals surface area contributed by atoms with Gasteiger partial charge in [-0.2, -0.15) is 5.10 Å². The van der Waals surface area contributed by atoms with Crippen LogP contribution in [0.2, 0.25) is 25.7 Å². The first kappa shape index (κ1) is 39.5. The molecule has 57 heavy (non-hydrogen) atoms. The predicted octanol–water partition coefficient (Wildman–Crippen LogP) is 9.75. The molecule has 4 aliphatic rings. The summed E-state index contributed by atoms with van der Waals surface area (Å²) < 4.78 is 14.4. The molecular formula is C43H57N9O3SSi. The van der Waals surface area contributed by atoms with Gasteiger partial charge in [-0.15, -0.1) is 10.2 Å². The summed E-state index contributed by atoms with van der Waals surface area (Å²) >= 11 is 1.50. The van der Waals surface area contributed by atoms with Crippen LogP contribution in [0.5, 0.6) is 0 Å². The van der Waals surface area contributed by atoms with Gasteiger partial charge < -0.3 is 14.4 Å². The van der Waals surface area contributed by atoms with Crippen LogP contribution in [0.4, 0.5) is 22.6 Å². The second kappa shape index (κ2) is 15.2. The molecule has 0 atom stereocenters. The van der Waals surface area contributed by atoms with E-state index in [4.69, 9.17) is 29.6 Å². The fourth-order valence-electron chi connectivity index (χ4n) is 9.63. The molecule has 0 radical (unpaired) electrons. The van der Waals surface area contributed by atoms with Crippen molar-refractivity contribution in [3.8, 4) is 11.1 Å². The fourth-order valence-corrected chi connectivity index (χ4v) is 11.3. The summed E-state index contributed by atoms with van der Waals surface area (Å²) in [5, 5.41) is 15.1. The molecule has 9 rings (SSSR count). The molecule has 0 amide bonds. The summed E-state index contributed by atoms with van der Waals surface area (Å²) in [4.78, 5) is 33.0. The molecule has 5 heterocycles. The van der Waals surface area contributed by atoms with Gasteiger partial charge in [-0.25, -0.2) is 19.7 Å². The van der Waals surface area contributed by atoms with Crippen molar-refractivity contribution in [3.05, 3.63) is 59.7 Å². The first-order valence-corrected chi connectivity index (χ1v) is 25.0. The lowest BCUT2D eigenvalue weighted by Crippen LogP contribution is -2.48. The SMILES string of the molecule is Cc1cc(N(C)c2ccc(-c3cnn(CC45CC6CC(CC(C6)C4)C5)c3C)c(C(=O)OC(C)(C)C)n2)nnc1N(COCC[Si](C)(C)C)c1nc2cccnc2s1. The number of fused-ring (bicyclic) bond motifs is 1. The number of anilines is 4. The summed E-state index contributed by atoms with van der Waals surface area (Å²) in [6.45, 7) is 18.7. The van der Waals surface area contributed by atoms with Gasteiger partial charge in [0.05, 0.1) is 6.20 Å². The number of carbonyl (C=O) groups excluding carboxylic acids is 1. The van der Waals surface area contributed by atoms with Gasteiger partial charge in [0.1, 0.15) is 28.5 Å². The van der Waals surface area contributed by atoms with Crippen molar-refractivity contribution in [1.82, 2.24) is 34.9 Å². The highest BCUT2D eigenvalue weighted by atomic mass is 32.1. The molecule has 0 aliphatic heterocycles. The zero-order valence-corrected chi connectivity index (χ0v) is 36.8. The predicted molar refractivity (Wildman–Crippen MR) is 229 cm³/mol. The van der Waals surface area contributed by atoms with Gasteiger partial charge in [-0.1, -0.05) is 31.0 Å². The van der Waals surface area contributed by atoms with Crippen LogP contribution in [-0.4, -0.2) is 75.0 Å². The molecule has 4 aliphatic carbocycles. The fraction of sp³-hybridized carbons (Fsp3) is 0.558. The zero-order valence-electron chi connectivity index (χ0n) is 35.0. The Kier molecular flexibility index (Phi) is 10.5. The lowest BCUT2D eigenvalue weighted by atomic mass is 9.49. The maximum absolute atomic E-state index is 13.9. The van der Waals surface area contributed by atoms with Gasteiger partial charge in [0.15, 0.2) is 22.5 Å². The lowest BCUT2D eigenvalue weighted by Gasteiger charge is -2.56. The Bertz CT molecular complexity index is 2210. The van der Waals surface area contributed by atoms with Gasteiger partial charge in [-0.3, -0.25) is 9.58 Å². The van der Waals surface area contributed by atoms with Crippen molar-refractivity contribution in [2.24, 2.45) is 23.2 Å². The molecule has 0 saturated heterocycles. The van der Waals surface area contributed by atoms with Crippen molar-refractivity contribution >= 4 is 58.3 Å². The average Bonchev–Trinajstić information content (AvgIpc) is 3.72. The third kappa shape index (κ3) is 8.49. The minimum Gasteiger partial charge on any atom is -0.455 e. The van der Waals surface area contributed by atoms with Crippen LogP contribution >= 0.6 is 11.3 Å². The van der Waals surface area contributed by atoms with Crippen LogP contribution in [0.1, 0.15) is 81.0 Å². The number of pyridine rings is 2. The number of nitrogens with zero attached hydrogens (tertiary/aromatic N) is 9. The van der Waals surface area contributed by atoms with E-state index in [9.17, 15) is 4.79 Å². The number of thiazole rings is 1. The number of aryl methyl sites for hydroxylation is 1. The van der Waals surface area contributed by atoms with Gasteiger partial charge >= 0.3 is 5.97 Å². The van der Waals surface area contributed by atoms with Gasteiger partial charge in [0, 0.05) is 51.3 Å². The Hall–Kier alpha value is -4.27. The summed E-state index contributed by atoms with van der Waals surface area (Å²) in [6.07, 6.45) is 11.9. The number of hydrogen-bond donors (Lipinski definition) is 0. The minimum absolute atomic E-state index is 0.249. The Morgan fingerprint density at radius 2 is 1.70 bits per heavy atom. The zero-order chi connectivity index (χ0) is 40.3.